The van der Waals surface area contributed by atoms with E-state index in [0.29, 0.717) is 34.7 Å². The van der Waals surface area contributed by atoms with Crippen LogP contribution in [0.3, 0.4) is 0 Å². The summed E-state index contributed by atoms with van der Waals surface area (Å²) in [6.45, 7) is 4.14. The van der Waals surface area contributed by atoms with Crippen LogP contribution in [0.25, 0.3) is 22.3 Å². The summed E-state index contributed by atoms with van der Waals surface area (Å²) >= 11 is 0. The van der Waals surface area contributed by atoms with E-state index >= 15 is 0 Å². The van der Waals surface area contributed by atoms with Gasteiger partial charge in [-0.05, 0) is 38.1 Å². The molecule has 2 N–H and O–H groups in total. The molecule has 0 aliphatic carbocycles. The molecule has 0 saturated carbocycles. The highest BCUT2D eigenvalue weighted by Gasteiger charge is 2.22. The lowest BCUT2D eigenvalue weighted by Crippen LogP contribution is -2.26. The van der Waals surface area contributed by atoms with E-state index in [-0.39, 0.29) is 5.82 Å². The fourth-order valence-electron chi connectivity index (χ4n) is 2.87. The molecule has 0 spiro atoms. The highest BCUT2D eigenvalue weighted by molar-refractivity contribution is 5.92. The zero-order valence-electron chi connectivity index (χ0n) is 13.3. The Kier molecular flexibility index (Phi) is 4.16. The van der Waals surface area contributed by atoms with E-state index in [2.05, 4.69) is 15.3 Å². The van der Waals surface area contributed by atoms with E-state index < -0.39 is 12.1 Å². The molecule has 3 rings (SSSR count). The Hall–Kier alpha value is -2.96. The fraction of sp³-hybridized carbons (Fsp3) is 0.235. The van der Waals surface area contributed by atoms with E-state index in [9.17, 15) is 9.18 Å². The van der Waals surface area contributed by atoms with Crippen LogP contribution >= 0.6 is 0 Å². The molecule has 1 atom stereocenters. The van der Waals surface area contributed by atoms with Crippen molar-refractivity contribution >= 4 is 17.1 Å². The van der Waals surface area contributed by atoms with Crippen molar-refractivity contribution in [1.82, 2.24) is 19.9 Å². The normalized spacial score (nSPS) is 12.3. The minimum atomic E-state index is -1.13. The predicted molar refractivity (Wildman–Crippen MR) is 88.2 cm³/mol. The van der Waals surface area contributed by atoms with Gasteiger partial charge in [0.15, 0.2) is 0 Å². The molecule has 0 saturated heterocycles. The topological polar surface area (TPSA) is 80.0 Å². The molecule has 0 fully saturated rings. The first-order valence-electron chi connectivity index (χ1n) is 7.62. The maximum absolute atomic E-state index is 14.6. The number of imidazole rings is 1. The van der Waals surface area contributed by atoms with Crippen molar-refractivity contribution in [3.63, 3.8) is 0 Å². The molecule has 0 aliphatic heterocycles. The summed E-state index contributed by atoms with van der Waals surface area (Å²) in [6.07, 6.45) is 0.476. The number of rotatable bonds is 4. The Bertz CT molecular complexity index is 892. The van der Waals surface area contributed by atoms with E-state index in [4.69, 9.17) is 5.11 Å². The first kappa shape index (κ1) is 15.9. The van der Waals surface area contributed by atoms with Crippen molar-refractivity contribution in [2.45, 2.75) is 26.4 Å². The molecule has 0 radical (unpaired) electrons. The van der Waals surface area contributed by atoms with Crippen LogP contribution < -0.4 is 5.32 Å². The van der Waals surface area contributed by atoms with Crippen molar-refractivity contribution in [2.75, 3.05) is 0 Å². The van der Waals surface area contributed by atoms with Crippen LogP contribution in [0.2, 0.25) is 0 Å². The largest absolute Gasteiger partial charge is 0.465 e. The lowest BCUT2D eigenvalue weighted by molar-refractivity contribution is 0.190. The molecular formula is C17H17FN4O2. The molecule has 7 heteroatoms. The van der Waals surface area contributed by atoms with Crippen LogP contribution in [0.1, 0.15) is 25.7 Å². The number of halogens is 1. The molecular weight excluding hydrogens is 311 g/mol. The van der Waals surface area contributed by atoms with Crippen LogP contribution in [0, 0.1) is 5.82 Å². The van der Waals surface area contributed by atoms with Crippen LogP contribution in [0.4, 0.5) is 9.18 Å². The van der Waals surface area contributed by atoms with Gasteiger partial charge in [0, 0.05) is 12.7 Å². The number of benzene rings is 1. The second-order valence-corrected chi connectivity index (χ2v) is 5.39. The number of fused-ring (bicyclic) bond motifs is 1. The van der Waals surface area contributed by atoms with Gasteiger partial charge < -0.3 is 15.0 Å². The molecule has 124 valence electrons. The maximum atomic E-state index is 14.6. The molecule has 24 heavy (non-hydrogen) atoms. The third kappa shape index (κ3) is 2.68. The number of amides is 1. The minimum absolute atomic E-state index is 0.372. The third-order valence-electron chi connectivity index (χ3n) is 3.85. The second-order valence-electron chi connectivity index (χ2n) is 5.39. The van der Waals surface area contributed by atoms with Crippen LogP contribution in [-0.2, 0) is 6.54 Å². The average molecular weight is 328 g/mol. The van der Waals surface area contributed by atoms with E-state index in [1.165, 1.54) is 6.07 Å². The number of aryl methyl sites for hydroxylation is 1. The van der Waals surface area contributed by atoms with Crippen molar-refractivity contribution in [3.05, 3.63) is 48.2 Å². The van der Waals surface area contributed by atoms with Gasteiger partial charge in [0.1, 0.15) is 11.6 Å². The summed E-state index contributed by atoms with van der Waals surface area (Å²) < 4.78 is 16.4. The Labute approximate surface area is 138 Å². The smallest absolute Gasteiger partial charge is 0.405 e. The number of hydrogen-bond donors (Lipinski definition) is 2. The highest BCUT2D eigenvalue weighted by Crippen LogP contribution is 2.32. The maximum Gasteiger partial charge on any atom is 0.405 e. The van der Waals surface area contributed by atoms with E-state index in [1.807, 2.05) is 11.5 Å². The number of hydrogen-bond acceptors (Lipinski definition) is 3. The Morgan fingerprint density at radius 1 is 1.38 bits per heavy atom. The van der Waals surface area contributed by atoms with Crippen molar-refractivity contribution in [1.29, 1.82) is 0 Å². The van der Waals surface area contributed by atoms with E-state index in [1.54, 1.807) is 37.4 Å². The van der Waals surface area contributed by atoms with Gasteiger partial charge >= 0.3 is 6.09 Å². The van der Waals surface area contributed by atoms with Gasteiger partial charge in [-0.2, -0.15) is 0 Å². The summed E-state index contributed by atoms with van der Waals surface area (Å²) in [5.41, 5.74) is 2.11. The molecule has 0 unspecified atom stereocenters. The Morgan fingerprint density at radius 3 is 2.79 bits per heavy atom. The van der Waals surface area contributed by atoms with Crippen molar-refractivity contribution < 1.29 is 14.3 Å². The van der Waals surface area contributed by atoms with Gasteiger partial charge in [0.25, 0.3) is 0 Å². The molecule has 1 amide bonds. The van der Waals surface area contributed by atoms with Gasteiger partial charge in [-0.25, -0.2) is 14.2 Å². The fourth-order valence-corrected chi connectivity index (χ4v) is 2.87. The zero-order valence-corrected chi connectivity index (χ0v) is 13.3. The first-order valence-corrected chi connectivity index (χ1v) is 7.62. The summed E-state index contributed by atoms with van der Waals surface area (Å²) in [5.74, 6) is 0.152. The van der Waals surface area contributed by atoms with Crippen molar-refractivity contribution in [2.24, 2.45) is 0 Å². The second kappa shape index (κ2) is 6.27. The third-order valence-corrected chi connectivity index (χ3v) is 3.85. The summed E-state index contributed by atoms with van der Waals surface area (Å²) in [4.78, 5) is 19.7. The van der Waals surface area contributed by atoms with Gasteiger partial charge in [-0.15, -0.1) is 0 Å². The standard InChI is InChI=1S/C17H17FN4O2/c1-3-22-15-13(21-16(22)10(2)20-17(23)24)8-7-11(18)14(15)12-6-4-5-9-19-12/h4-10,20H,3H2,1-2H3,(H,23,24)/t10-/m0/s1. The number of carbonyl (C=O) groups is 1. The zero-order chi connectivity index (χ0) is 17.3. The molecule has 1 aromatic carbocycles. The quantitative estimate of drug-likeness (QED) is 0.767. The SMILES string of the molecule is CCn1c([C@H](C)NC(=O)O)nc2ccc(F)c(-c3ccccn3)c21. The number of nitrogens with one attached hydrogen (secondary N) is 1. The molecule has 0 aliphatic rings. The lowest BCUT2D eigenvalue weighted by Gasteiger charge is -2.14. The summed E-state index contributed by atoms with van der Waals surface area (Å²) in [5, 5.41) is 11.3. The summed E-state index contributed by atoms with van der Waals surface area (Å²) in [6, 6.07) is 7.74. The number of carboxylic acid groups (broad SMARTS) is 1. The molecule has 2 heterocycles. The Balaban J connectivity index is 2.28. The lowest BCUT2D eigenvalue weighted by atomic mass is 10.1. The van der Waals surface area contributed by atoms with Gasteiger partial charge in [0.05, 0.1) is 28.3 Å². The number of aromatic nitrogens is 3. The molecule has 0 bridgehead atoms. The summed E-state index contributed by atoms with van der Waals surface area (Å²) in [7, 11) is 0. The van der Waals surface area contributed by atoms with Gasteiger partial charge in [-0.1, -0.05) is 6.07 Å². The minimum Gasteiger partial charge on any atom is -0.465 e. The van der Waals surface area contributed by atoms with Gasteiger partial charge in [0.2, 0.25) is 0 Å². The average Bonchev–Trinajstić information content (AvgIpc) is 2.93. The first-order chi connectivity index (χ1) is 11.5. The van der Waals surface area contributed by atoms with Crippen LogP contribution in [0.5, 0.6) is 0 Å². The number of nitrogens with zero attached hydrogens (tertiary/aromatic N) is 3. The van der Waals surface area contributed by atoms with E-state index in [0.717, 1.165) is 0 Å². The van der Waals surface area contributed by atoms with Crippen LogP contribution in [0.15, 0.2) is 36.5 Å². The molecule has 3 aromatic rings. The monoisotopic (exact) mass is 328 g/mol. The number of pyridine rings is 1. The highest BCUT2D eigenvalue weighted by atomic mass is 19.1. The van der Waals surface area contributed by atoms with Crippen LogP contribution in [-0.4, -0.2) is 25.7 Å². The predicted octanol–water partition coefficient (Wildman–Crippen LogP) is 3.59. The molecule has 2 aromatic heterocycles. The van der Waals surface area contributed by atoms with Gasteiger partial charge in [-0.3, -0.25) is 4.98 Å². The molecule has 6 nitrogen and oxygen atoms in total. The Morgan fingerprint density at radius 2 is 2.17 bits per heavy atom. The van der Waals surface area contributed by atoms with Crippen molar-refractivity contribution in [3.8, 4) is 11.3 Å².